The number of thioether (sulfide) groups is 1. The summed E-state index contributed by atoms with van der Waals surface area (Å²) in [5, 5.41) is 18.9. The molecule has 0 unspecified atom stereocenters. The number of hydrogen-bond acceptors (Lipinski definition) is 7. The van der Waals surface area contributed by atoms with Crippen molar-refractivity contribution in [2.75, 3.05) is 14.2 Å². The monoisotopic (exact) mass is 545 g/mol. The number of hydrogen-bond donors (Lipinski definition) is 1. The maximum Gasteiger partial charge on any atom is 0.342 e. The molecular weight excluding hydrogens is 525 g/mol. The quantitative estimate of drug-likeness (QED) is 0.193. The zero-order valence-corrected chi connectivity index (χ0v) is 22.0. The normalized spacial score (nSPS) is 11.6. The number of carboxylic acids is 1. The lowest BCUT2D eigenvalue weighted by atomic mass is 10.2. The number of aromatic nitrogens is 3. The van der Waals surface area contributed by atoms with Crippen LogP contribution in [0.15, 0.2) is 57.0 Å². The van der Waals surface area contributed by atoms with Gasteiger partial charge in [0, 0.05) is 28.7 Å². The fourth-order valence-corrected chi connectivity index (χ4v) is 4.58. The highest BCUT2D eigenvalue weighted by molar-refractivity contribution is 8.03. The fourth-order valence-electron chi connectivity index (χ4n) is 3.62. The Morgan fingerprint density at radius 3 is 2.33 bits per heavy atom. The van der Waals surface area contributed by atoms with Gasteiger partial charge in [-0.05, 0) is 73.6 Å². The standard InChI is InChI=1S/C25H21Cl2N3O5S/c1-13-7-15(14(2)30(13)17-5-6-20(26)21(27)11-17)10-22(24(31)32)36-25-29-28-23(35-25)16-8-18(33-3)12-19(9-16)34-4/h5-12H,1-4H3,(H,31,32)/b22-10-. The Labute approximate surface area is 221 Å². The molecular formula is C25H21Cl2N3O5S. The smallest absolute Gasteiger partial charge is 0.342 e. The molecule has 0 spiro atoms. The van der Waals surface area contributed by atoms with Gasteiger partial charge >= 0.3 is 5.97 Å². The van der Waals surface area contributed by atoms with Gasteiger partial charge in [-0.25, -0.2) is 4.79 Å². The maximum atomic E-state index is 12.1. The van der Waals surface area contributed by atoms with Crippen molar-refractivity contribution in [3.05, 3.63) is 74.4 Å². The van der Waals surface area contributed by atoms with E-state index in [1.165, 1.54) is 14.2 Å². The van der Waals surface area contributed by atoms with Crippen LogP contribution in [0.4, 0.5) is 0 Å². The van der Waals surface area contributed by atoms with Gasteiger partial charge < -0.3 is 23.6 Å². The van der Waals surface area contributed by atoms with E-state index in [1.807, 2.05) is 30.5 Å². The molecule has 0 fully saturated rings. The van der Waals surface area contributed by atoms with Gasteiger partial charge in [0.1, 0.15) is 16.4 Å². The lowest BCUT2D eigenvalue weighted by molar-refractivity contribution is -0.131. The molecule has 0 bridgehead atoms. The minimum absolute atomic E-state index is 0.0165. The van der Waals surface area contributed by atoms with Crippen LogP contribution in [0.5, 0.6) is 11.5 Å². The van der Waals surface area contributed by atoms with Crippen LogP contribution in [0.2, 0.25) is 10.0 Å². The second kappa shape index (κ2) is 10.7. The van der Waals surface area contributed by atoms with Gasteiger partial charge in [0.05, 0.1) is 24.3 Å². The molecule has 4 aromatic rings. The summed E-state index contributed by atoms with van der Waals surface area (Å²) in [5.41, 5.74) is 3.86. The third-order valence-corrected chi connectivity index (χ3v) is 6.92. The Bertz CT molecular complexity index is 1460. The minimum atomic E-state index is -1.12. The average molecular weight is 546 g/mol. The van der Waals surface area contributed by atoms with Crippen molar-refractivity contribution < 1.29 is 23.8 Å². The Balaban J connectivity index is 1.65. The topological polar surface area (TPSA) is 99.6 Å². The molecule has 2 aromatic carbocycles. The van der Waals surface area contributed by atoms with Gasteiger partial charge in [0.25, 0.3) is 5.22 Å². The number of halogens is 2. The van der Waals surface area contributed by atoms with Gasteiger partial charge in [-0.2, -0.15) is 0 Å². The second-order valence-electron chi connectivity index (χ2n) is 7.65. The van der Waals surface area contributed by atoms with E-state index in [4.69, 9.17) is 37.1 Å². The van der Waals surface area contributed by atoms with E-state index >= 15 is 0 Å². The van der Waals surface area contributed by atoms with E-state index in [0.717, 1.165) is 34.4 Å². The lowest BCUT2D eigenvalue weighted by Crippen LogP contribution is -2.00. The van der Waals surface area contributed by atoms with E-state index in [0.29, 0.717) is 27.1 Å². The number of benzene rings is 2. The van der Waals surface area contributed by atoms with Crippen molar-refractivity contribution in [2.24, 2.45) is 0 Å². The van der Waals surface area contributed by atoms with Crippen LogP contribution in [-0.2, 0) is 4.79 Å². The van der Waals surface area contributed by atoms with Crippen molar-refractivity contribution in [1.82, 2.24) is 14.8 Å². The van der Waals surface area contributed by atoms with E-state index in [9.17, 15) is 9.90 Å². The minimum Gasteiger partial charge on any atom is -0.497 e. The van der Waals surface area contributed by atoms with Crippen LogP contribution in [0.3, 0.4) is 0 Å². The summed E-state index contributed by atoms with van der Waals surface area (Å²) >= 11 is 13.1. The van der Waals surface area contributed by atoms with Gasteiger partial charge in [-0.15, -0.1) is 10.2 Å². The molecule has 8 nitrogen and oxygen atoms in total. The van der Waals surface area contributed by atoms with Gasteiger partial charge in [-0.3, -0.25) is 0 Å². The van der Waals surface area contributed by atoms with Gasteiger partial charge in [0.15, 0.2) is 0 Å². The first-order valence-corrected chi connectivity index (χ1v) is 12.1. The number of ether oxygens (including phenoxy) is 2. The number of aryl methyl sites for hydroxylation is 1. The zero-order chi connectivity index (χ0) is 26.0. The van der Waals surface area contributed by atoms with E-state index in [-0.39, 0.29) is 16.0 Å². The van der Waals surface area contributed by atoms with E-state index in [1.54, 1.807) is 36.4 Å². The van der Waals surface area contributed by atoms with Crippen molar-refractivity contribution in [3.63, 3.8) is 0 Å². The van der Waals surface area contributed by atoms with Crippen molar-refractivity contribution in [1.29, 1.82) is 0 Å². The number of aliphatic carboxylic acids is 1. The molecule has 0 saturated carbocycles. The molecule has 186 valence electrons. The van der Waals surface area contributed by atoms with E-state index < -0.39 is 5.97 Å². The van der Waals surface area contributed by atoms with Crippen molar-refractivity contribution in [3.8, 4) is 28.6 Å². The second-order valence-corrected chi connectivity index (χ2v) is 9.46. The summed E-state index contributed by atoms with van der Waals surface area (Å²) in [5.74, 6) is 0.194. The first-order chi connectivity index (χ1) is 17.2. The molecule has 0 radical (unpaired) electrons. The zero-order valence-electron chi connectivity index (χ0n) is 19.7. The maximum absolute atomic E-state index is 12.1. The van der Waals surface area contributed by atoms with Crippen LogP contribution in [0.25, 0.3) is 23.2 Å². The van der Waals surface area contributed by atoms with Crippen LogP contribution in [0, 0.1) is 13.8 Å². The number of carboxylic acid groups (broad SMARTS) is 1. The Kier molecular flexibility index (Phi) is 7.63. The summed E-state index contributed by atoms with van der Waals surface area (Å²) < 4.78 is 18.3. The predicted octanol–water partition coefficient (Wildman–Crippen LogP) is 6.69. The molecule has 1 N–H and O–H groups in total. The highest BCUT2D eigenvalue weighted by Gasteiger charge is 2.19. The van der Waals surface area contributed by atoms with Crippen LogP contribution in [0.1, 0.15) is 17.0 Å². The summed E-state index contributed by atoms with van der Waals surface area (Å²) in [6.07, 6.45) is 1.57. The molecule has 0 aliphatic rings. The molecule has 11 heteroatoms. The third kappa shape index (κ3) is 5.38. The number of methoxy groups -OCH3 is 2. The summed E-state index contributed by atoms with van der Waals surface area (Å²) in [4.78, 5) is 12.1. The molecule has 0 saturated heterocycles. The number of carbonyl (C=O) groups is 1. The summed E-state index contributed by atoms with van der Waals surface area (Å²) in [7, 11) is 3.08. The lowest BCUT2D eigenvalue weighted by Gasteiger charge is -2.10. The first kappa shape index (κ1) is 25.7. The summed E-state index contributed by atoms with van der Waals surface area (Å²) in [6.45, 7) is 3.82. The highest BCUT2D eigenvalue weighted by atomic mass is 35.5. The Morgan fingerprint density at radius 1 is 1.03 bits per heavy atom. The molecule has 2 aromatic heterocycles. The van der Waals surface area contributed by atoms with Crippen LogP contribution < -0.4 is 9.47 Å². The van der Waals surface area contributed by atoms with Crippen molar-refractivity contribution in [2.45, 2.75) is 19.1 Å². The van der Waals surface area contributed by atoms with Gasteiger partial charge in [-0.1, -0.05) is 23.2 Å². The molecule has 4 rings (SSSR count). The molecule has 0 amide bonds. The van der Waals surface area contributed by atoms with Gasteiger partial charge in [0.2, 0.25) is 5.89 Å². The Morgan fingerprint density at radius 2 is 1.72 bits per heavy atom. The third-order valence-electron chi connectivity index (χ3n) is 5.33. The predicted molar refractivity (Wildman–Crippen MR) is 140 cm³/mol. The molecule has 2 heterocycles. The largest absolute Gasteiger partial charge is 0.497 e. The summed E-state index contributed by atoms with van der Waals surface area (Å²) in [6, 6.07) is 12.4. The molecule has 0 aliphatic heterocycles. The number of rotatable bonds is 8. The first-order valence-electron chi connectivity index (χ1n) is 10.5. The Hall–Kier alpha value is -3.40. The van der Waals surface area contributed by atoms with Crippen molar-refractivity contribution >= 4 is 47.0 Å². The molecule has 36 heavy (non-hydrogen) atoms. The molecule has 0 atom stereocenters. The average Bonchev–Trinajstić information content (AvgIpc) is 3.44. The van der Waals surface area contributed by atoms with Crippen LogP contribution >= 0.6 is 35.0 Å². The SMILES string of the molecule is COc1cc(OC)cc(-c2nnc(S/C(=C\c3cc(C)n(-c4ccc(Cl)c(Cl)c4)c3C)C(=O)O)o2)c1. The molecule has 0 aliphatic carbocycles. The van der Waals surface area contributed by atoms with Crippen LogP contribution in [-0.4, -0.2) is 40.1 Å². The number of nitrogens with zero attached hydrogens (tertiary/aromatic N) is 3. The highest BCUT2D eigenvalue weighted by Crippen LogP contribution is 2.34. The fraction of sp³-hybridized carbons (Fsp3) is 0.160. The van der Waals surface area contributed by atoms with E-state index in [2.05, 4.69) is 10.2 Å².